The number of rotatable bonds is 6. The van der Waals surface area contributed by atoms with Crippen LogP contribution in [-0.2, 0) is 4.79 Å². The summed E-state index contributed by atoms with van der Waals surface area (Å²) in [4.78, 5) is 27.1. The second-order valence-corrected chi connectivity index (χ2v) is 8.97. The van der Waals surface area contributed by atoms with Gasteiger partial charge in [0.15, 0.2) is 11.0 Å². The zero-order chi connectivity index (χ0) is 22.8. The molecule has 4 aromatic rings. The normalized spacial score (nSPS) is 12.2. The largest absolute Gasteiger partial charge is 0.360 e. The standard InChI is InChI=1S/C23H24N6O2S/c1-13(2)19(21(30)26-22(24)31)32-23-28-27-20(29(23)15-8-6-7-14(3)11-15)17-12-25-18-10-5-4-9-16(17)18/h4-13,19,25H,1-3H3,(H3,24,26,30,31)/t19-/m0/s1. The number of primary amides is 1. The molecule has 0 fully saturated rings. The van der Waals surface area contributed by atoms with Crippen molar-refractivity contribution < 1.29 is 9.59 Å². The fourth-order valence-corrected chi connectivity index (χ4v) is 4.63. The molecule has 0 aliphatic heterocycles. The van der Waals surface area contributed by atoms with Gasteiger partial charge in [0, 0.05) is 28.4 Å². The quantitative estimate of drug-likeness (QED) is 0.385. The summed E-state index contributed by atoms with van der Waals surface area (Å²) in [6.45, 7) is 5.83. The average Bonchev–Trinajstić information content (AvgIpc) is 3.35. The third kappa shape index (κ3) is 4.24. The van der Waals surface area contributed by atoms with Gasteiger partial charge in [0.2, 0.25) is 5.91 Å². The van der Waals surface area contributed by atoms with Crippen LogP contribution in [0.3, 0.4) is 0 Å². The Bertz CT molecular complexity index is 1290. The van der Waals surface area contributed by atoms with Crippen LogP contribution in [0.15, 0.2) is 59.9 Å². The molecule has 2 aromatic heterocycles. The van der Waals surface area contributed by atoms with Crippen molar-refractivity contribution in [1.82, 2.24) is 25.1 Å². The van der Waals surface area contributed by atoms with Gasteiger partial charge >= 0.3 is 6.03 Å². The second-order valence-electron chi connectivity index (χ2n) is 7.86. The van der Waals surface area contributed by atoms with E-state index in [1.807, 2.05) is 80.1 Å². The highest BCUT2D eigenvalue weighted by Crippen LogP contribution is 2.35. The Labute approximate surface area is 189 Å². The molecule has 0 saturated heterocycles. The van der Waals surface area contributed by atoms with E-state index in [4.69, 9.17) is 5.73 Å². The highest BCUT2D eigenvalue weighted by atomic mass is 32.2. The molecule has 0 bridgehead atoms. The molecule has 8 nitrogen and oxygen atoms in total. The van der Waals surface area contributed by atoms with Gasteiger partial charge in [-0.05, 0) is 36.6 Å². The number of nitrogens with two attached hydrogens (primary N) is 1. The van der Waals surface area contributed by atoms with Gasteiger partial charge in [0.1, 0.15) is 0 Å². The summed E-state index contributed by atoms with van der Waals surface area (Å²) in [5.74, 6) is 0.136. The molecule has 0 aliphatic rings. The number of nitrogens with one attached hydrogen (secondary N) is 2. The minimum Gasteiger partial charge on any atom is -0.360 e. The lowest BCUT2D eigenvalue weighted by Crippen LogP contribution is -2.42. The Hall–Kier alpha value is -3.59. The molecular formula is C23H24N6O2S. The van der Waals surface area contributed by atoms with E-state index in [1.54, 1.807) is 0 Å². The first kappa shape index (κ1) is 21.6. The Morgan fingerprint density at radius 2 is 1.91 bits per heavy atom. The topological polar surface area (TPSA) is 119 Å². The van der Waals surface area contributed by atoms with Gasteiger partial charge in [-0.1, -0.05) is 55.9 Å². The van der Waals surface area contributed by atoms with Crippen LogP contribution in [0, 0.1) is 12.8 Å². The van der Waals surface area contributed by atoms with E-state index in [2.05, 4.69) is 20.5 Å². The zero-order valence-corrected chi connectivity index (χ0v) is 18.8. The van der Waals surface area contributed by atoms with Crippen molar-refractivity contribution >= 4 is 34.6 Å². The third-order valence-corrected chi connectivity index (χ3v) is 6.55. The Balaban J connectivity index is 1.85. The lowest BCUT2D eigenvalue weighted by Gasteiger charge is -2.19. The summed E-state index contributed by atoms with van der Waals surface area (Å²) < 4.78 is 1.94. The highest BCUT2D eigenvalue weighted by molar-refractivity contribution is 8.00. The number of hydrogen-bond acceptors (Lipinski definition) is 5. The number of para-hydroxylation sites is 1. The summed E-state index contributed by atoms with van der Waals surface area (Å²) in [5, 5.41) is 12.1. The summed E-state index contributed by atoms with van der Waals surface area (Å²) in [6.07, 6.45) is 1.91. The smallest absolute Gasteiger partial charge is 0.318 e. The van der Waals surface area contributed by atoms with Gasteiger partial charge in [0.25, 0.3) is 0 Å². The number of carbonyl (C=O) groups is 2. The highest BCUT2D eigenvalue weighted by Gasteiger charge is 2.28. The second kappa shape index (κ2) is 8.88. The van der Waals surface area contributed by atoms with E-state index in [0.29, 0.717) is 11.0 Å². The molecule has 0 aliphatic carbocycles. The summed E-state index contributed by atoms with van der Waals surface area (Å²) >= 11 is 1.26. The maximum atomic E-state index is 12.6. The number of thioether (sulfide) groups is 1. The van der Waals surface area contributed by atoms with Crippen molar-refractivity contribution in [1.29, 1.82) is 0 Å². The summed E-state index contributed by atoms with van der Waals surface area (Å²) in [7, 11) is 0. The number of amides is 3. The third-order valence-electron chi connectivity index (χ3n) is 5.07. The molecule has 0 unspecified atom stereocenters. The molecule has 9 heteroatoms. The number of imide groups is 1. The van der Waals surface area contributed by atoms with Crippen LogP contribution in [0.1, 0.15) is 19.4 Å². The van der Waals surface area contributed by atoms with Crippen molar-refractivity contribution in [2.45, 2.75) is 31.2 Å². The van der Waals surface area contributed by atoms with Gasteiger partial charge in [-0.25, -0.2) is 4.79 Å². The van der Waals surface area contributed by atoms with E-state index in [-0.39, 0.29) is 5.92 Å². The van der Waals surface area contributed by atoms with Crippen LogP contribution >= 0.6 is 11.8 Å². The van der Waals surface area contributed by atoms with Crippen molar-refractivity contribution in [3.05, 3.63) is 60.3 Å². The van der Waals surface area contributed by atoms with Crippen molar-refractivity contribution in [3.8, 4) is 17.1 Å². The van der Waals surface area contributed by atoms with Crippen LogP contribution in [0.5, 0.6) is 0 Å². The van der Waals surface area contributed by atoms with E-state index in [9.17, 15) is 9.59 Å². The number of nitrogens with zero attached hydrogens (tertiary/aromatic N) is 3. The number of urea groups is 1. The molecule has 4 N–H and O–H groups in total. The van der Waals surface area contributed by atoms with Gasteiger partial charge in [-0.3, -0.25) is 14.7 Å². The maximum Gasteiger partial charge on any atom is 0.318 e. The minimum atomic E-state index is -0.874. The molecule has 32 heavy (non-hydrogen) atoms. The number of aromatic nitrogens is 4. The monoisotopic (exact) mass is 448 g/mol. The SMILES string of the molecule is Cc1cccc(-n2c(S[C@H](C(=O)NC(N)=O)C(C)C)nnc2-c2c[nH]c3ccccc23)c1. The first-order valence-electron chi connectivity index (χ1n) is 10.2. The summed E-state index contributed by atoms with van der Waals surface area (Å²) in [6, 6.07) is 15.1. The number of fused-ring (bicyclic) bond motifs is 1. The number of carbonyl (C=O) groups excluding carboxylic acids is 2. The number of aromatic amines is 1. The summed E-state index contributed by atoms with van der Waals surface area (Å²) in [5.41, 5.74) is 9.04. The molecule has 2 heterocycles. The van der Waals surface area contributed by atoms with Crippen molar-refractivity contribution in [2.24, 2.45) is 11.7 Å². The predicted octanol–water partition coefficient (Wildman–Crippen LogP) is 4.04. The fourth-order valence-electron chi connectivity index (χ4n) is 3.58. The number of H-pyrrole nitrogens is 1. The lowest BCUT2D eigenvalue weighted by atomic mass is 10.1. The maximum absolute atomic E-state index is 12.6. The van der Waals surface area contributed by atoms with Gasteiger partial charge in [-0.15, -0.1) is 10.2 Å². The van der Waals surface area contributed by atoms with Crippen molar-refractivity contribution in [3.63, 3.8) is 0 Å². The lowest BCUT2D eigenvalue weighted by molar-refractivity contribution is -0.120. The Kier molecular flexibility index (Phi) is 6.00. The first-order chi connectivity index (χ1) is 15.3. The van der Waals surface area contributed by atoms with Crippen molar-refractivity contribution in [2.75, 3.05) is 0 Å². The molecule has 0 spiro atoms. The van der Waals surface area contributed by atoms with Gasteiger partial charge < -0.3 is 10.7 Å². The predicted molar refractivity (Wildman–Crippen MR) is 126 cm³/mol. The van der Waals surface area contributed by atoms with Crippen LogP contribution in [0.2, 0.25) is 0 Å². The Morgan fingerprint density at radius 1 is 1.12 bits per heavy atom. The van der Waals surface area contributed by atoms with E-state index >= 15 is 0 Å². The molecule has 164 valence electrons. The van der Waals surface area contributed by atoms with E-state index in [1.165, 1.54) is 11.8 Å². The fraction of sp³-hybridized carbons (Fsp3) is 0.217. The van der Waals surface area contributed by atoms with Crippen LogP contribution < -0.4 is 11.1 Å². The molecule has 4 rings (SSSR count). The van der Waals surface area contributed by atoms with Gasteiger partial charge in [-0.2, -0.15) is 0 Å². The molecule has 2 aromatic carbocycles. The Morgan fingerprint density at radius 3 is 2.62 bits per heavy atom. The zero-order valence-electron chi connectivity index (χ0n) is 18.0. The van der Waals surface area contributed by atoms with Crippen LogP contribution in [0.25, 0.3) is 28.0 Å². The molecule has 1 atom stereocenters. The van der Waals surface area contributed by atoms with E-state index < -0.39 is 17.2 Å². The first-order valence-corrected chi connectivity index (χ1v) is 11.1. The minimum absolute atomic E-state index is 0.0708. The van der Waals surface area contributed by atoms with Crippen LogP contribution in [0.4, 0.5) is 4.79 Å². The van der Waals surface area contributed by atoms with Gasteiger partial charge in [0.05, 0.1) is 5.25 Å². The molecule has 3 amide bonds. The average molecular weight is 449 g/mol. The molecular weight excluding hydrogens is 424 g/mol. The number of benzene rings is 2. The molecule has 0 saturated carbocycles. The number of hydrogen-bond donors (Lipinski definition) is 3. The molecule has 0 radical (unpaired) electrons. The number of aryl methyl sites for hydroxylation is 1. The van der Waals surface area contributed by atoms with E-state index in [0.717, 1.165) is 27.7 Å². The van der Waals surface area contributed by atoms with Crippen LogP contribution in [-0.4, -0.2) is 36.9 Å².